The van der Waals surface area contributed by atoms with E-state index in [9.17, 15) is 4.79 Å². The van der Waals surface area contributed by atoms with Crippen molar-refractivity contribution in [3.8, 4) is 5.75 Å². The molecule has 0 amide bonds. The number of carbonyl (C=O) groups excluding carboxylic acids is 1. The van der Waals surface area contributed by atoms with E-state index in [0.29, 0.717) is 0 Å². The number of Topliss-reactive ketones (excluding diaryl/α,β-unsaturated/α-hetero) is 1. The van der Waals surface area contributed by atoms with Crippen molar-refractivity contribution in [3.05, 3.63) is 34.4 Å². The minimum atomic E-state index is 0.109. The summed E-state index contributed by atoms with van der Waals surface area (Å²) >= 11 is 0.160. The molecule has 0 radical (unpaired) electrons. The van der Waals surface area contributed by atoms with Gasteiger partial charge in [0.25, 0.3) is 0 Å². The van der Waals surface area contributed by atoms with Crippen molar-refractivity contribution in [2.24, 2.45) is 4.99 Å². The van der Waals surface area contributed by atoms with Crippen LogP contribution in [0.25, 0.3) is 0 Å². The zero-order valence-electron chi connectivity index (χ0n) is 12.8. The average molecular weight is 351 g/mol. The molecule has 2 rings (SSSR count). The first kappa shape index (κ1) is 15.8. The van der Waals surface area contributed by atoms with Gasteiger partial charge in [0.05, 0.1) is 0 Å². The van der Waals surface area contributed by atoms with Crippen molar-refractivity contribution in [2.75, 3.05) is 20.2 Å². The van der Waals surface area contributed by atoms with Crippen LogP contribution in [0.4, 0.5) is 5.69 Å². The van der Waals surface area contributed by atoms with Crippen LogP contribution in [0.2, 0.25) is 0 Å². The van der Waals surface area contributed by atoms with Gasteiger partial charge >= 0.3 is 132 Å². The molecule has 0 N–H and O–H groups in total. The average Bonchev–Trinajstić information content (AvgIpc) is 2.46. The number of aliphatic imine (C=N–C) groups is 1. The maximum atomic E-state index is 11.9. The molecule has 0 saturated heterocycles. The van der Waals surface area contributed by atoms with Crippen LogP contribution >= 0.6 is 0 Å². The Morgan fingerprint density at radius 1 is 1.24 bits per heavy atom. The van der Waals surface area contributed by atoms with Gasteiger partial charge in [0.1, 0.15) is 0 Å². The fourth-order valence-electron chi connectivity index (χ4n) is 2.13. The third-order valence-electron chi connectivity index (χ3n) is 3.33. The molecule has 4 nitrogen and oxygen atoms in total. The number of ether oxygens (including phenoxy) is 1. The van der Waals surface area contributed by atoms with E-state index in [4.69, 9.17) is 4.74 Å². The summed E-state index contributed by atoms with van der Waals surface area (Å²) in [5, 5.41) is 0. The van der Waals surface area contributed by atoms with Gasteiger partial charge < -0.3 is 0 Å². The SMILES string of the molecule is CCN(CC)C1=C(C(C)=O)C(=Nc2ccc(OC)cc2)[Se]1. The monoisotopic (exact) mass is 352 g/mol. The number of rotatable bonds is 6. The summed E-state index contributed by atoms with van der Waals surface area (Å²) in [7, 11) is 1.64. The van der Waals surface area contributed by atoms with Gasteiger partial charge in [-0.15, -0.1) is 0 Å². The first-order chi connectivity index (χ1) is 10.1. The van der Waals surface area contributed by atoms with Crippen molar-refractivity contribution >= 4 is 31.0 Å². The molecule has 0 spiro atoms. The number of methoxy groups -OCH3 is 1. The number of allylic oxidation sites excluding steroid dienone is 1. The zero-order chi connectivity index (χ0) is 15.4. The topological polar surface area (TPSA) is 41.9 Å². The molecule has 1 aliphatic rings. The molecule has 112 valence electrons. The zero-order valence-corrected chi connectivity index (χ0v) is 14.6. The quantitative estimate of drug-likeness (QED) is 0.740. The molecular weight excluding hydrogens is 331 g/mol. The Hall–Kier alpha value is -1.58. The summed E-state index contributed by atoms with van der Waals surface area (Å²) in [4.78, 5) is 18.8. The molecule has 0 atom stereocenters. The van der Waals surface area contributed by atoms with Crippen LogP contribution in [-0.2, 0) is 4.79 Å². The summed E-state index contributed by atoms with van der Waals surface area (Å²) in [5.74, 6) is 0.918. The van der Waals surface area contributed by atoms with Crippen molar-refractivity contribution in [3.63, 3.8) is 0 Å². The van der Waals surface area contributed by atoms with Gasteiger partial charge in [-0.1, -0.05) is 0 Å². The van der Waals surface area contributed by atoms with Crippen molar-refractivity contribution in [1.29, 1.82) is 0 Å². The van der Waals surface area contributed by atoms with Crippen LogP contribution in [0.3, 0.4) is 0 Å². The Labute approximate surface area is 132 Å². The molecule has 0 unspecified atom stereocenters. The van der Waals surface area contributed by atoms with Gasteiger partial charge in [-0.2, -0.15) is 0 Å². The molecule has 0 aromatic heterocycles. The van der Waals surface area contributed by atoms with Crippen molar-refractivity contribution in [1.82, 2.24) is 4.90 Å². The van der Waals surface area contributed by atoms with Crippen LogP contribution in [0.1, 0.15) is 20.8 Å². The standard InChI is InChI=1S/C16H20N2O2Se/c1-5-18(6-2)16-14(11(3)19)15(21-16)17-12-7-9-13(20-4)10-8-12/h7-10H,5-6H2,1-4H3. The second-order valence-corrected chi connectivity index (χ2v) is 6.68. The third-order valence-corrected chi connectivity index (χ3v) is 5.73. The second kappa shape index (κ2) is 6.92. The van der Waals surface area contributed by atoms with Crippen LogP contribution in [0.15, 0.2) is 39.4 Å². The van der Waals surface area contributed by atoms with Gasteiger partial charge in [0, 0.05) is 0 Å². The third kappa shape index (κ3) is 3.36. The van der Waals surface area contributed by atoms with Gasteiger partial charge in [-0.05, 0) is 0 Å². The van der Waals surface area contributed by atoms with E-state index in [-0.39, 0.29) is 20.7 Å². The van der Waals surface area contributed by atoms with Gasteiger partial charge in [-0.25, -0.2) is 0 Å². The molecule has 0 aliphatic carbocycles. The predicted molar refractivity (Wildman–Crippen MR) is 86.5 cm³/mol. The fourth-order valence-corrected chi connectivity index (χ4v) is 4.76. The Kier molecular flexibility index (Phi) is 5.21. The summed E-state index contributed by atoms with van der Waals surface area (Å²) in [6.45, 7) is 7.71. The number of carbonyl (C=O) groups is 1. The van der Waals surface area contributed by atoms with Crippen LogP contribution in [-0.4, -0.2) is 50.4 Å². The molecule has 0 bridgehead atoms. The summed E-state index contributed by atoms with van der Waals surface area (Å²) in [5.41, 5.74) is 1.68. The summed E-state index contributed by atoms with van der Waals surface area (Å²) < 4.78 is 7.27. The van der Waals surface area contributed by atoms with Gasteiger partial charge in [-0.3, -0.25) is 0 Å². The fraction of sp³-hybridized carbons (Fsp3) is 0.375. The van der Waals surface area contributed by atoms with Crippen molar-refractivity contribution < 1.29 is 9.53 Å². The van der Waals surface area contributed by atoms with E-state index in [2.05, 4.69) is 23.7 Å². The van der Waals surface area contributed by atoms with Crippen molar-refractivity contribution in [2.45, 2.75) is 20.8 Å². The first-order valence-corrected chi connectivity index (χ1v) is 8.73. The predicted octanol–water partition coefficient (Wildman–Crippen LogP) is 2.59. The molecular formula is C16H20N2O2Se. The van der Waals surface area contributed by atoms with E-state index >= 15 is 0 Å². The molecule has 1 aliphatic heterocycles. The van der Waals surface area contributed by atoms with Crippen LogP contribution in [0.5, 0.6) is 5.75 Å². The van der Waals surface area contributed by atoms with Crippen LogP contribution in [0, 0.1) is 0 Å². The molecule has 1 heterocycles. The normalized spacial score (nSPS) is 15.9. The Balaban J connectivity index is 2.28. The van der Waals surface area contributed by atoms with E-state index in [0.717, 1.165) is 34.7 Å². The van der Waals surface area contributed by atoms with Gasteiger partial charge in [0.2, 0.25) is 0 Å². The Morgan fingerprint density at radius 3 is 2.33 bits per heavy atom. The number of benzene rings is 1. The Bertz CT molecular complexity index is 587. The first-order valence-electron chi connectivity index (χ1n) is 7.01. The number of ketones is 1. The summed E-state index contributed by atoms with van der Waals surface area (Å²) in [6, 6.07) is 7.59. The second-order valence-electron chi connectivity index (χ2n) is 4.63. The molecule has 0 fully saturated rings. The van der Waals surface area contributed by atoms with E-state index in [1.807, 2.05) is 24.3 Å². The number of nitrogens with zero attached hydrogens (tertiary/aromatic N) is 2. The minimum absolute atomic E-state index is 0.109. The van der Waals surface area contributed by atoms with Crippen LogP contribution < -0.4 is 4.74 Å². The van der Waals surface area contributed by atoms with E-state index < -0.39 is 0 Å². The molecule has 0 saturated carbocycles. The number of hydrogen-bond acceptors (Lipinski definition) is 4. The Morgan fingerprint density at radius 2 is 1.86 bits per heavy atom. The summed E-state index contributed by atoms with van der Waals surface area (Å²) in [6.07, 6.45) is 0. The van der Waals surface area contributed by atoms with E-state index in [1.54, 1.807) is 14.0 Å². The number of hydrogen-bond donors (Lipinski definition) is 0. The van der Waals surface area contributed by atoms with E-state index in [1.165, 1.54) is 4.60 Å². The molecule has 1 aromatic carbocycles. The molecule has 21 heavy (non-hydrogen) atoms. The molecule has 5 heteroatoms. The maximum absolute atomic E-state index is 11.9. The molecule has 1 aromatic rings. The van der Waals surface area contributed by atoms with Gasteiger partial charge in [0.15, 0.2) is 0 Å².